The standard InChI is InChI=1S/C10H6BrNO5/c1-16-10(13)9-8(12(14)15)6-3-2-5(11)4-7(6)17-9/h2-4H,1H3. The summed E-state index contributed by atoms with van der Waals surface area (Å²) < 4.78 is 10.3. The Labute approximate surface area is 103 Å². The van der Waals surface area contributed by atoms with Crippen LogP contribution in [-0.4, -0.2) is 18.0 Å². The van der Waals surface area contributed by atoms with Crippen LogP contribution in [0.15, 0.2) is 27.1 Å². The number of hydrogen-bond donors (Lipinski definition) is 0. The van der Waals surface area contributed by atoms with E-state index in [2.05, 4.69) is 20.7 Å². The van der Waals surface area contributed by atoms with Crippen LogP contribution in [0.5, 0.6) is 0 Å². The zero-order valence-corrected chi connectivity index (χ0v) is 10.2. The van der Waals surface area contributed by atoms with Crippen molar-refractivity contribution < 1.29 is 18.9 Å². The highest BCUT2D eigenvalue weighted by Crippen LogP contribution is 2.34. The maximum atomic E-state index is 11.4. The molecule has 0 amide bonds. The molecule has 1 aromatic carbocycles. The van der Waals surface area contributed by atoms with E-state index in [0.29, 0.717) is 4.47 Å². The number of furan rings is 1. The maximum Gasteiger partial charge on any atom is 0.381 e. The summed E-state index contributed by atoms with van der Waals surface area (Å²) in [5.41, 5.74) is -0.120. The molecule has 0 bridgehead atoms. The van der Waals surface area contributed by atoms with E-state index >= 15 is 0 Å². The SMILES string of the molecule is COC(=O)c1oc2cc(Br)ccc2c1[N+](=O)[O-]. The van der Waals surface area contributed by atoms with Gasteiger partial charge in [-0.1, -0.05) is 15.9 Å². The summed E-state index contributed by atoms with van der Waals surface area (Å²) in [7, 11) is 1.13. The molecule has 88 valence electrons. The molecular formula is C10H6BrNO5. The van der Waals surface area contributed by atoms with Crippen LogP contribution in [0.2, 0.25) is 0 Å². The first-order chi connectivity index (χ1) is 8.04. The average Bonchev–Trinajstić information content (AvgIpc) is 2.66. The predicted molar refractivity (Wildman–Crippen MR) is 61.9 cm³/mol. The molecule has 0 atom stereocenters. The highest BCUT2D eigenvalue weighted by Gasteiger charge is 2.30. The Hall–Kier alpha value is -1.89. The molecule has 1 aromatic heterocycles. The van der Waals surface area contributed by atoms with Gasteiger partial charge in [0.1, 0.15) is 5.58 Å². The second kappa shape index (κ2) is 4.17. The Balaban J connectivity index is 2.79. The van der Waals surface area contributed by atoms with E-state index in [1.165, 1.54) is 6.07 Å². The summed E-state index contributed by atoms with van der Waals surface area (Å²) in [4.78, 5) is 21.6. The van der Waals surface area contributed by atoms with Gasteiger partial charge in [-0.05, 0) is 18.2 Å². The molecule has 2 aromatic rings. The first-order valence-electron chi connectivity index (χ1n) is 4.49. The Morgan fingerprint density at radius 1 is 1.53 bits per heavy atom. The molecule has 6 nitrogen and oxygen atoms in total. The molecule has 0 N–H and O–H groups in total. The van der Waals surface area contributed by atoms with Gasteiger partial charge in [0.25, 0.3) is 5.76 Å². The quantitative estimate of drug-likeness (QED) is 0.484. The van der Waals surface area contributed by atoms with Crippen molar-refractivity contribution in [3.63, 3.8) is 0 Å². The van der Waals surface area contributed by atoms with Crippen molar-refractivity contribution in [2.45, 2.75) is 0 Å². The van der Waals surface area contributed by atoms with Crippen molar-refractivity contribution in [1.82, 2.24) is 0 Å². The number of fused-ring (bicyclic) bond motifs is 1. The summed E-state index contributed by atoms with van der Waals surface area (Å²) in [6.45, 7) is 0. The summed E-state index contributed by atoms with van der Waals surface area (Å²) in [6.07, 6.45) is 0. The van der Waals surface area contributed by atoms with Crippen molar-refractivity contribution in [2.75, 3.05) is 7.11 Å². The second-order valence-corrected chi connectivity index (χ2v) is 4.08. The molecule has 0 aliphatic heterocycles. The molecule has 0 unspecified atom stereocenters. The van der Waals surface area contributed by atoms with Crippen molar-refractivity contribution in [2.24, 2.45) is 0 Å². The van der Waals surface area contributed by atoms with E-state index in [4.69, 9.17) is 4.42 Å². The number of nitrogens with zero attached hydrogens (tertiary/aromatic N) is 1. The van der Waals surface area contributed by atoms with E-state index in [-0.39, 0.29) is 16.7 Å². The Morgan fingerprint density at radius 2 is 2.24 bits per heavy atom. The van der Waals surface area contributed by atoms with Gasteiger partial charge in [0.15, 0.2) is 0 Å². The highest BCUT2D eigenvalue weighted by molar-refractivity contribution is 9.10. The molecule has 0 radical (unpaired) electrons. The van der Waals surface area contributed by atoms with Crippen LogP contribution in [0.1, 0.15) is 10.6 Å². The molecule has 0 fully saturated rings. The van der Waals surface area contributed by atoms with Crippen LogP contribution < -0.4 is 0 Å². The number of carbonyl (C=O) groups excluding carboxylic acids is 1. The number of halogens is 1. The molecule has 0 spiro atoms. The lowest BCUT2D eigenvalue weighted by Gasteiger charge is -1.92. The van der Waals surface area contributed by atoms with Gasteiger partial charge < -0.3 is 9.15 Å². The first-order valence-corrected chi connectivity index (χ1v) is 5.28. The van der Waals surface area contributed by atoms with Gasteiger partial charge >= 0.3 is 11.7 Å². The van der Waals surface area contributed by atoms with Crippen molar-refractivity contribution in [3.05, 3.63) is 38.5 Å². The van der Waals surface area contributed by atoms with E-state index in [1.54, 1.807) is 12.1 Å². The van der Waals surface area contributed by atoms with Gasteiger partial charge in [-0.15, -0.1) is 0 Å². The monoisotopic (exact) mass is 299 g/mol. The lowest BCUT2D eigenvalue weighted by atomic mass is 10.2. The number of ether oxygens (including phenoxy) is 1. The summed E-state index contributed by atoms with van der Waals surface area (Å²) >= 11 is 3.21. The van der Waals surface area contributed by atoms with Gasteiger partial charge in [-0.3, -0.25) is 10.1 Å². The smallest absolute Gasteiger partial charge is 0.381 e. The molecule has 0 saturated carbocycles. The number of rotatable bonds is 2. The molecule has 7 heteroatoms. The average molecular weight is 300 g/mol. The fourth-order valence-electron chi connectivity index (χ4n) is 1.47. The third kappa shape index (κ3) is 1.89. The second-order valence-electron chi connectivity index (χ2n) is 3.17. The summed E-state index contributed by atoms with van der Waals surface area (Å²) in [6, 6.07) is 4.69. The van der Waals surface area contributed by atoms with Crippen LogP contribution in [0.25, 0.3) is 11.0 Å². The maximum absolute atomic E-state index is 11.4. The van der Waals surface area contributed by atoms with Crippen molar-refractivity contribution in [3.8, 4) is 0 Å². The highest BCUT2D eigenvalue weighted by atomic mass is 79.9. The van der Waals surface area contributed by atoms with Crippen LogP contribution in [-0.2, 0) is 4.74 Å². The molecule has 0 aliphatic carbocycles. The lowest BCUT2D eigenvalue weighted by molar-refractivity contribution is -0.383. The van der Waals surface area contributed by atoms with Gasteiger partial charge in [0.05, 0.1) is 17.4 Å². The molecule has 0 aliphatic rings. The number of esters is 1. The predicted octanol–water partition coefficient (Wildman–Crippen LogP) is 2.89. The summed E-state index contributed by atoms with van der Waals surface area (Å²) in [5.74, 6) is -1.27. The Bertz CT molecular complexity index is 618. The fourth-order valence-corrected chi connectivity index (χ4v) is 1.81. The zero-order chi connectivity index (χ0) is 12.6. The minimum Gasteiger partial charge on any atom is -0.463 e. The minimum absolute atomic E-state index is 0.256. The third-order valence-corrected chi connectivity index (χ3v) is 2.67. The van der Waals surface area contributed by atoms with Gasteiger partial charge in [0, 0.05) is 4.47 Å². The van der Waals surface area contributed by atoms with E-state index < -0.39 is 16.7 Å². The minimum atomic E-state index is -0.871. The molecule has 0 saturated heterocycles. The van der Waals surface area contributed by atoms with E-state index in [9.17, 15) is 14.9 Å². The van der Waals surface area contributed by atoms with Gasteiger partial charge in [-0.2, -0.15) is 0 Å². The zero-order valence-electron chi connectivity index (χ0n) is 8.60. The molecule has 1 heterocycles. The first kappa shape index (κ1) is 11.6. The number of nitro groups is 1. The molecule has 17 heavy (non-hydrogen) atoms. The largest absolute Gasteiger partial charge is 0.463 e. The number of benzene rings is 1. The molecule has 2 rings (SSSR count). The third-order valence-electron chi connectivity index (χ3n) is 2.18. The van der Waals surface area contributed by atoms with Crippen LogP contribution in [0.3, 0.4) is 0 Å². The summed E-state index contributed by atoms with van der Waals surface area (Å²) in [5, 5.41) is 11.2. The topological polar surface area (TPSA) is 82.6 Å². The van der Waals surface area contributed by atoms with Crippen LogP contribution in [0.4, 0.5) is 5.69 Å². The Morgan fingerprint density at radius 3 is 2.82 bits per heavy atom. The van der Waals surface area contributed by atoms with Crippen LogP contribution >= 0.6 is 15.9 Å². The number of hydrogen-bond acceptors (Lipinski definition) is 5. The van der Waals surface area contributed by atoms with E-state index in [1.807, 2.05) is 0 Å². The molecular weight excluding hydrogens is 294 g/mol. The van der Waals surface area contributed by atoms with Crippen LogP contribution in [0, 0.1) is 10.1 Å². The lowest BCUT2D eigenvalue weighted by Crippen LogP contribution is -2.02. The van der Waals surface area contributed by atoms with Crippen molar-refractivity contribution in [1.29, 1.82) is 0 Å². The van der Waals surface area contributed by atoms with E-state index in [0.717, 1.165) is 7.11 Å². The fraction of sp³-hybridized carbons (Fsp3) is 0.100. The Kier molecular flexibility index (Phi) is 2.84. The van der Waals surface area contributed by atoms with Gasteiger partial charge in [0.2, 0.25) is 0 Å². The number of methoxy groups -OCH3 is 1. The number of carbonyl (C=O) groups is 1. The normalized spacial score (nSPS) is 10.5. The van der Waals surface area contributed by atoms with Gasteiger partial charge in [-0.25, -0.2) is 4.79 Å². The van der Waals surface area contributed by atoms with Crippen molar-refractivity contribution >= 4 is 38.6 Å².